The van der Waals surface area contributed by atoms with E-state index >= 15 is 0 Å². The van der Waals surface area contributed by atoms with E-state index < -0.39 is 2.74 Å². The van der Waals surface area contributed by atoms with Gasteiger partial charge in [0.1, 0.15) is 2.74 Å². The van der Waals surface area contributed by atoms with Gasteiger partial charge in [0.15, 0.2) is 0 Å². The Bertz CT molecular complexity index is 29.5. The van der Waals surface area contributed by atoms with E-state index in [1.165, 1.54) is 0 Å². The number of hydrogen-bond acceptors (Lipinski definition) is 4. The predicted molar refractivity (Wildman–Crippen MR) is 46.7 cm³/mol. The molecule has 0 bridgehead atoms. The van der Waals surface area contributed by atoms with Gasteiger partial charge in [-0.05, 0) is 0 Å². The van der Waals surface area contributed by atoms with Crippen molar-refractivity contribution in [2.75, 3.05) is 0 Å². The Labute approximate surface area is 92.4 Å². The van der Waals surface area contributed by atoms with Crippen LogP contribution in [0.25, 0.3) is 0 Å². The Morgan fingerprint density at radius 1 is 1.00 bits per heavy atom. The van der Waals surface area contributed by atoms with Crippen molar-refractivity contribution in [2.45, 2.75) is 2.74 Å². The van der Waals surface area contributed by atoms with Crippen LogP contribution in [0.4, 0.5) is 0 Å². The van der Waals surface area contributed by atoms with Crippen LogP contribution in [-0.2, 0) is 0 Å². The molecule has 6 heavy (non-hydrogen) atoms. The summed E-state index contributed by atoms with van der Waals surface area (Å²) < 4.78 is -0.722. The molecule has 0 aliphatic heterocycles. The number of rotatable bonds is 0. The molecule has 0 aliphatic carbocycles. The molecule has 5 heteroatoms. The van der Waals surface area contributed by atoms with Crippen LogP contribution < -0.4 is 0 Å². The van der Waals surface area contributed by atoms with Crippen LogP contribution in [0.3, 0.4) is 0 Å². The summed E-state index contributed by atoms with van der Waals surface area (Å²) in [6.07, 6.45) is 0. The van der Waals surface area contributed by atoms with E-state index in [-0.39, 0.29) is 40.6 Å². The summed E-state index contributed by atoms with van der Waals surface area (Å²) in [6.45, 7) is 0. The van der Waals surface area contributed by atoms with Gasteiger partial charge >= 0.3 is 37.7 Å². The maximum Gasteiger partial charge on any atom is 2.00 e. The second-order valence-electron chi connectivity index (χ2n) is 0.600. The van der Waals surface area contributed by atoms with Crippen molar-refractivity contribution in [2.24, 2.45) is 0 Å². The van der Waals surface area contributed by atoms with Gasteiger partial charge in [0.2, 0.25) is 0 Å². The Kier molecular flexibility index (Phi) is 8.65. The average molecular weight is 186 g/mol. The van der Waals surface area contributed by atoms with Gasteiger partial charge < -0.3 is 2.85 Å². The molecule has 0 nitrogen and oxygen atoms in total. The molecule has 0 aromatic rings. The van der Waals surface area contributed by atoms with Gasteiger partial charge in [-0.2, -0.15) is 0 Å². The van der Waals surface area contributed by atoms with Crippen LogP contribution in [-0.4, -0.2) is 40.5 Å². The molecule has 0 aromatic carbocycles. The van der Waals surface area contributed by atoms with E-state index in [0.29, 0.717) is 0 Å². The molecule has 0 heterocycles. The van der Waals surface area contributed by atoms with Crippen LogP contribution in [0.1, 0.15) is 2.85 Å². The molecule has 0 N–H and O–H groups in total. The van der Waals surface area contributed by atoms with Crippen LogP contribution in [0.2, 0.25) is 0 Å². The normalized spacial score (nSPS) is 10.0. The van der Waals surface area contributed by atoms with Gasteiger partial charge in [-0.25, -0.2) is 0 Å². The fourth-order valence-electron chi connectivity index (χ4n) is 0. The van der Waals surface area contributed by atoms with E-state index in [4.69, 9.17) is 0 Å². The van der Waals surface area contributed by atoms with E-state index in [1.54, 1.807) is 0 Å². The SMILES string of the molecule is SC(S)(S)S.[Ca+2].[H-].[H-]. The van der Waals surface area contributed by atoms with Crippen molar-refractivity contribution < 1.29 is 2.85 Å². The van der Waals surface area contributed by atoms with Gasteiger partial charge in [0.05, 0.1) is 0 Å². The Balaban J connectivity index is -0.0000000267. The molecule has 0 saturated heterocycles. The Morgan fingerprint density at radius 2 is 1.00 bits per heavy atom. The van der Waals surface area contributed by atoms with E-state index in [2.05, 4.69) is 50.5 Å². The standard InChI is InChI=1S/CH4S4.Ca.2H/c2-1(3,4)5;;;/h2-5H;;;/q;+2;2*-1. The van der Waals surface area contributed by atoms with Crippen LogP contribution in [0.15, 0.2) is 0 Å². The predicted octanol–water partition coefficient (Wildman–Crippen LogP) is 1.16. The number of thiol groups is 4. The molecular weight excluding hydrogens is 180 g/mol. The molecule has 0 aliphatic rings. The quantitative estimate of drug-likeness (QED) is 0.244. The second kappa shape index (κ2) is 4.53. The van der Waals surface area contributed by atoms with Gasteiger partial charge in [0, 0.05) is 0 Å². The topological polar surface area (TPSA) is 0 Å². The van der Waals surface area contributed by atoms with E-state index in [1.807, 2.05) is 0 Å². The smallest absolute Gasteiger partial charge is 1.00 e. The third kappa shape index (κ3) is 30.2. The molecule has 0 unspecified atom stereocenters. The van der Waals surface area contributed by atoms with Crippen LogP contribution in [0.5, 0.6) is 0 Å². The third-order valence-electron chi connectivity index (χ3n) is 0. The van der Waals surface area contributed by atoms with Crippen molar-refractivity contribution in [1.29, 1.82) is 0 Å². The summed E-state index contributed by atoms with van der Waals surface area (Å²) in [6, 6.07) is 0. The molecule has 0 aromatic heterocycles. The molecule has 0 radical (unpaired) electrons. The van der Waals surface area contributed by atoms with Gasteiger partial charge in [0.25, 0.3) is 0 Å². The van der Waals surface area contributed by atoms with Crippen molar-refractivity contribution in [3.63, 3.8) is 0 Å². The van der Waals surface area contributed by atoms with Crippen molar-refractivity contribution in [3.8, 4) is 0 Å². The molecule has 36 valence electrons. The van der Waals surface area contributed by atoms with Crippen LogP contribution in [0, 0.1) is 0 Å². The number of hydrogen-bond donors (Lipinski definition) is 4. The average Bonchev–Trinajstić information content (AvgIpc) is 0.722. The van der Waals surface area contributed by atoms with Gasteiger partial charge in [-0.3, -0.25) is 0 Å². The summed E-state index contributed by atoms with van der Waals surface area (Å²) in [5.41, 5.74) is 0. The van der Waals surface area contributed by atoms with Gasteiger partial charge in [-0.1, -0.05) is 0 Å². The minimum Gasteiger partial charge on any atom is -1.00 e. The molecule has 0 fully saturated rings. The fraction of sp³-hybridized carbons (Fsp3) is 1.00. The first-order chi connectivity index (χ1) is 2.00. The molecule has 0 spiro atoms. The minimum atomic E-state index is -0.722. The fourth-order valence-corrected chi connectivity index (χ4v) is 0. The summed E-state index contributed by atoms with van der Waals surface area (Å²) in [4.78, 5) is 0. The molecule has 0 amide bonds. The second-order valence-corrected chi connectivity index (χ2v) is 5.40. The summed E-state index contributed by atoms with van der Waals surface area (Å²) in [5, 5.41) is 0. The molecular formula is CH6CaS4. The minimum absolute atomic E-state index is 0. The van der Waals surface area contributed by atoms with E-state index in [9.17, 15) is 0 Å². The zero-order chi connectivity index (χ0) is 4.50. The van der Waals surface area contributed by atoms with Gasteiger partial charge in [-0.15, -0.1) is 50.5 Å². The Morgan fingerprint density at radius 3 is 1.00 bits per heavy atom. The summed E-state index contributed by atoms with van der Waals surface area (Å²) >= 11 is 14.9. The van der Waals surface area contributed by atoms with Crippen molar-refractivity contribution in [1.82, 2.24) is 0 Å². The maximum atomic E-state index is 3.72. The monoisotopic (exact) mass is 186 g/mol. The van der Waals surface area contributed by atoms with Crippen LogP contribution >= 0.6 is 50.5 Å². The van der Waals surface area contributed by atoms with E-state index in [0.717, 1.165) is 0 Å². The zero-order valence-corrected chi connectivity index (χ0v) is 8.78. The molecule has 0 rings (SSSR count). The molecule has 0 saturated carbocycles. The molecule has 0 atom stereocenters. The largest absolute Gasteiger partial charge is 2.00 e. The Hall–Kier alpha value is 2.66. The first kappa shape index (κ1) is 11.5. The zero-order valence-electron chi connectivity index (χ0n) is 5.00. The summed E-state index contributed by atoms with van der Waals surface area (Å²) in [7, 11) is 0. The summed E-state index contributed by atoms with van der Waals surface area (Å²) in [5.74, 6) is 0. The van der Waals surface area contributed by atoms with Crippen molar-refractivity contribution in [3.05, 3.63) is 0 Å². The maximum absolute atomic E-state index is 3.72. The third-order valence-corrected chi connectivity index (χ3v) is 0. The van der Waals surface area contributed by atoms with Crippen molar-refractivity contribution >= 4 is 88.3 Å². The first-order valence-corrected chi connectivity index (χ1v) is 2.68. The first-order valence-electron chi connectivity index (χ1n) is 0.894.